The van der Waals surface area contributed by atoms with Crippen LogP contribution in [0.25, 0.3) is 0 Å². The largest absolute Gasteiger partial charge is 0.465 e. The molecule has 0 saturated heterocycles. The van der Waals surface area contributed by atoms with Crippen LogP contribution < -0.4 is 5.32 Å². The van der Waals surface area contributed by atoms with Crippen molar-refractivity contribution in [2.75, 3.05) is 0 Å². The van der Waals surface area contributed by atoms with Gasteiger partial charge in [-0.25, -0.2) is 4.79 Å². The highest BCUT2D eigenvalue weighted by molar-refractivity contribution is 5.90. The molecule has 0 aromatic rings. The fraction of sp³-hybridized carbons (Fsp3) is 0.818. The third-order valence-electron chi connectivity index (χ3n) is 2.20. The van der Waals surface area contributed by atoms with Gasteiger partial charge in [-0.05, 0) is 6.42 Å². The quantitative estimate of drug-likeness (QED) is 0.740. The van der Waals surface area contributed by atoms with Crippen molar-refractivity contribution in [2.45, 2.75) is 53.0 Å². The Hall–Kier alpha value is -1.06. The van der Waals surface area contributed by atoms with E-state index in [1.54, 1.807) is 20.8 Å². The fourth-order valence-corrected chi connectivity index (χ4v) is 1.35. The molecular weight excluding hydrogens is 194 g/mol. The van der Waals surface area contributed by atoms with Crippen LogP contribution in [0.4, 0.5) is 4.79 Å². The monoisotopic (exact) mass is 215 g/mol. The van der Waals surface area contributed by atoms with Gasteiger partial charge in [0.15, 0.2) is 5.78 Å². The number of carbonyl (C=O) groups excluding carboxylic acids is 1. The van der Waals surface area contributed by atoms with Gasteiger partial charge in [0.25, 0.3) is 0 Å². The van der Waals surface area contributed by atoms with E-state index in [0.29, 0.717) is 6.42 Å². The molecular formula is C11H21NO3. The molecule has 4 nitrogen and oxygen atoms in total. The van der Waals surface area contributed by atoms with Crippen LogP contribution in [0.1, 0.15) is 47.0 Å². The maximum atomic E-state index is 11.9. The smallest absolute Gasteiger partial charge is 0.405 e. The zero-order valence-corrected chi connectivity index (χ0v) is 9.96. The van der Waals surface area contributed by atoms with Crippen LogP contribution >= 0.6 is 0 Å². The lowest BCUT2D eigenvalue weighted by Crippen LogP contribution is -2.45. The molecule has 1 atom stereocenters. The highest BCUT2D eigenvalue weighted by atomic mass is 16.4. The number of unbranched alkanes of at least 4 members (excludes halogenated alkanes) is 1. The van der Waals surface area contributed by atoms with Crippen LogP contribution in [0, 0.1) is 5.41 Å². The molecule has 0 fully saturated rings. The number of carbonyl (C=O) groups is 2. The predicted molar refractivity (Wildman–Crippen MR) is 58.9 cm³/mol. The topological polar surface area (TPSA) is 66.4 Å². The highest BCUT2D eigenvalue weighted by Crippen LogP contribution is 2.19. The van der Waals surface area contributed by atoms with Crippen LogP contribution in [0.5, 0.6) is 0 Å². The van der Waals surface area contributed by atoms with Crippen LogP contribution in [0.2, 0.25) is 0 Å². The molecule has 4 heteroatoms. The van der Waals surface area contributed by atoms with Crippen molar-refractivity contribution in [3.63, 3.8) is 0 Å². The van der Waals surface area contributed by atoms with E-state index in [-0.39, 0.29) is 5.78 Å². The summed E-state index contributed by atoms with van der Waals surface area (Å²) < 4.78 is 0. The first-order chi connectivity index (χ1) is 6.79. The Balaban J connectivity index is 4.47. The molecule has 2 N–H and O–H groups in total. The van der Waals surface area contributed by atoms with E-state index in [1.807, 2.05) is 6.92 Å². The van der Waals surface area contributed by atoms with Crippen molar-refractivity contribution < 1.29 is 14.7 Å². The van der Waals surface area contributed by atoms with Crippen LogP contribution in [0.15, 0.2) is 0 Å². The second-order valence-electron chi connectivity index (χ2n) is 4.76. The summed E-state index contributed by atoms with van der Waals surface area (Å²) in [4.78, 5) is 22.4. The molecule has 0 aromatic carbocycles. The van der Waals surface area contributed by atoms with E-state index < -0.39 is 17.6 Å². The third kappa shape index (κ3) is 5.40. The van der Waals surface area contributed by atoms with E-state index in [4.69, 9.17) is 5.11 Å². The summed E-state index contributed by atoms with van der Waals surface area (Å²) in [5, 5.41) is 10.9. The number of carboxylic acid groups (broad SMARTS) is 1. The first-order valence-electron chi connectivity index (χ1n) is 5.32. The van der Waals surface area contributed by atoms with Crippen molar-refractivity contribution in [3.8, 4) is 0 Å². The van der Waals surface area contributed by atoms with Gasteiger partial charge in [0.2, 0.25) is 0 Å². The summed E-state index contributed by atoms with van der Waals surface area (Å²) >= 11 is 0. The molecule has 0 bridgehead atoms. The molecule has 0 spiro atoms. The Morgan fingerprint density at radius 1 is 1.33 bits per heavy atom. The summed E-state index contributed by atoms with van der Waals surface area (Å²) in [5.41, 5.74) is -0.499. The first kappa shape index (κ1) is 13.9. The summed E-state index contributed by atoms with van der Waals surface area (Å²) in [7, 11) is 0. The van der Waals surface area contributed by atoms with E-state index in [2.05, 4.69) is 5.32 Å². The molecule has 0 rings (SSSR count). The van der Waals surface area contributed by atoms with Gasteiger partial charge < -0.3 is 10.4 Å². The molecule has 0 saturated carbocycles. The second kappa shape index (κ2) is 5.73. The number of rotatable bonds is 5. The Morgan fingerprint density at radius 3 is 2.20 bits per heavy atom. The Bertz CT molecular complexity index is 230. The number of hydrogen-bond donors (Lipinski definition) is 2. The van der Waals surface area contributed by atoms with E-state index in [9.17, 15) is 9.59 Å². The van der Waals surface area contributed by atoms with Gasteiger partial charge in [-0.2, -0.15) is 0 Å². The molecule has 0 heterocycles. The molecule has 0 aliphatic carbocycles. The Kier molecular flexibility index (Phi) is 5.33. The first-order valence-corrected chi connectivity index (χ1v) is 5.32. The molecule has 0 aliphatic heterocycles. The van der Waals surface area contributed by atoms with Gasteiger partial charge in [-0.1, -0.05) is 40.5 Å². The van der Waals surface area contributed by atoms with Crippen molar-refractivity contribution in [3.05, 3.63) is 0 Å². The summed E-state index contributed by atoms with van der Waals surface area (Å²) in [5.74, 6) is -0.0432. The van der Waals surface area contributed by atoms with Gasteiger partial charge in [0.1, 0.15) is 0 Å². The van der Waals surface area contributed by atoms with Crippen molar-refractivity contribution in [1.82, 2.24) is 5.32 Å². The standard InChI is InChI=1S/C11H21NO3/c1-5-6-7-8(12-10(14)15)9(13)11(2,3)4/h8,12H,5-7H2,1-4H3,(H,14,15). The van der Waals surface area contributed by atoms with Gasteiger partial charge in [0.05, 0.1) is 6.04 Å². The van der Waals surface area contributed by atoms with E-state index >= 15 is 0 Å². The molecule has 88 valence electrons. The van der Waals surface area contributed by atoms with Crippen molar-refractivity contribution >= 4 is 11.9 Å². The predicted octanol–water partition coefficient (Wildman–Crippen LogP) is 2.43. The molecule has 0 aliphatic rings. The molecule has 1 amide bonds. The zero-order valence-electron chi connectivity index (χ0n) is 9.96. The third-order valence-corrected chi connectivity index (χ3v) is 2.20. The number of hydrogen-bond acceptors (Lipinski definition) is 2. The molecule has 0 aromatic heterocycles. The zero-order chi connectivity index (χ0) is 12.1. The molecule has 15 heavy (non-hydrogen) atoms. The van der Waals surface area contributed by atoms with E-state index in [1.165, 1.54) is 0 Å². The lowest BCUT2D eigenvalue weighted by atomic mass is 9.85. The minimum absolute atomic E-state index is 0.0432. The van der Waals surface area contributed by atoms with Crippen LogP contribution in [-0.2, 0) is 4.79 Å². The fourth-order valence-electron chi connectivity index (χ4n) is 1.35. The van der Waals surface area contributed by atoms with Crippen molar-refractivity contribution in [1.29, 1.82) is 0 Å². The maximum Gasteiger partial charge on any atom is 0.405 e. The summed E-state index contributed by atoms with van der Waals surface area (Å²) in [6, 6.07) is -0.567. The molecule has 0 radical (unpaired) electrons. The van der Waals surface area contributed by atoms with Gasteiger partial charge in [-0.3, -0.25) is 4.79 Å². The highest BCUT2D eigenvalue weighted by Gasteiger charge is 2.30. The van der Waals surface area contributed by atoms with Crippen LogP contribution in [-0.4, -0.2) is 23.0 Å². The Morgan fingerprint density at radius 2 is 1.87 bits per heavy atom. The maximum absolute atomic E-state index is 11.9. The lowest BCUT2D eigenvalue weighted by molar-refractivity contribution is -0.128. The number of nitrogens with one attached hydrogen (secondary N) is 1. The summed E-state index contributed by atoms with van der Waals surface area (Å²) in [6.07, 6.45) is 1.26. The van der Waals surface area contributed by atoms with Gasteiger partial charge in [-0.15, -0.1) is 0 Å². The molecule has 1 unspecified atom stereocenters. The lowest BCUT2D eigenvalue weighted by Gasteiger charge is -2.24. The number of Topliss-reactive ketones (excluding diaryl/α,β-unsaturated/α-hetero) is 1. The SMILES string of the molecule is CCCCC(NC(=O)O)C(=O)C(C)(C)C. The van der Waals surface area contributed by atoms with Crippen molar-refractivity contribution in [2.24, 2.45) is 5.41 Å². The van der Waals surface area contributed by atoms with Crippen LogP contribution in [0.3, 0.4) is 0 Å². The second-order valence-corrected chi connectivity index (χ2v) is 4.76. The van der Waals surface area contributed by atoms with Gasteiger partial charge in [0, 0.05) is 5.41 Å². The average Bonchev–Trinajstić information content (AvgIpc) is 2.09. The minimum atomic E-state index is -1.13. The number of amides is 1. The normalized spacial score (nSPS) is 13.3. The van der Waals surface area contributed by atoms with Gasteiger partial charge >= 0.3 is 6.09 Å². The minimum Gasteiger partial charge on any atom is -0.465 e. The average molecular weight is 215 g/mol. The number of ketones is 1. The summed E-state index contributed by atoms with van der Waals surface area (Å²) in [6.45, 7) is 7.42. The Labute approximate surface area is 91.1 Å². The van der Waals surface area contributed by atoms with E-state index in [0.717, 1.165) is 12.8 Å².